The van der Waals surface area contributed by atoms with Gasteiger partial charge in [-0.1, -0.05) is 130 Å². The summed E-state index contributed by atoms with van der Waals surface area (Å²) < 4.78 is 21.8. The summed E-state index contributed by atoms with van der Waals surface area (Å²) in [7, 11) is -3.17. The Bertz CT molecular complexity index is 2430. The van der Waals surface area contributed by atoms with E-state index in [2.05, 4.69) is 45.0 Å². The van der Waals surface area contributed by atoms with Crippen LogP contribution in [0.2, 0.25) is 5.04 Å². The van der Waals surface area contributed by atoms with Gasteiger partial charge in [-0.2, -0.15) is 0 Å². The summed E-state index contributed by atoms with van der Waals surface area (Å²) in [4.78, 5) is 40.9. The Kier molecular flexibility index (Phi) is 12.6. The van der Waals surface area contributed by atoms with Crippen LogP contribution in [0.3, 0.4) is 0 Å². The number of phenolic OH excluding ortho intramolecular Hbond substituents is 1. The highest BCUT2D eigenvalue weighted by molar-refractivity contribution is 6.99. The van der Waals surface area contributed by atoms with Gasteiger partial charge < -0.3 is 19.7 Å². The maximum atomic E-state index is 14.5. The molecule has 2 amide bonds. The van der Waals surface area contributed by atoms with Crippen molar-refractivity contribution in [3.05, 3.63) is 172 Å². The molecule has 0 aromatic heterocycles. The number of fused-ring (bicyclic) bond motifs is 1. The van der Waals surface area contributed by atoms with Crippen LogP contribution in [-0.4, -0.2) is 59.7 Å². The molecule has 314 valence electrons. The van der Waals surface area contributed by atoms with Crippen LogP contribution in [0.25, 0.3) is 11.6 Å². The van der Waals surface area contributed by atoms with E-state index in [0.717, 1.165) is 26.4 Å². The van der Waals surface area contributed by atoms with Gasteiger partial charge in [-0.05, 0) is 80.7 Å². The van der Waals surface area contributed by atoms with Crippen LogP contribution in [0.4, 0.5) is 15.8 Å². The van der Waals surface area contributed by atoms with Gasteiger partial charge >= 0.3 is 0 Å². The van der Waals surface area contributed by atoms with Gasteiger partial charge in [0.1, 0.15) is 0 Å². The molecule has 2 aliphatic rings. The summed E-state index contributed by atoms with van der Waals surface area (Å²) in [5.41, 5.74) is 2.92. The Morgan fingerprint density at radius 3 is 2.10 bits per heavy atom. The molecule has 1 saturated heterocycles. The molecule has 10 nitrogen and oxygen atoms in total. The van der Waals surface area contributed by atoms with Crippen molar-refractivity contribution in [1.82, 2.24) is 0 Å². The lowest BCUT2D eigenvalue weighted by Crippen LogP contribution is -2.66. The quantitative estimate of drug-likeness (QED) is 0.0256. The first-order valence-corrected chi connectivity index (χ1v) is 22.3. The van der Waals surface area contributed by atoms with Crippen LogP contribution in [0.15, 0.2) is 145 Å². The number of non-ortho nitro benzene ring substituents is 1. The number of carbonyl (C=O) groups is 2. The molecule has 4 atom stereocenters. The number of rotatable bonds is 14. The number of amides is 2. The Balaban J connectivity index is 1.32. The van der Waals surface area contributed by atoms with Crippen molar-refractivity contribution in [2.75, 3.05) is 18.1 Å². The van der Waals surface area contributed by atoms with E-state index >= 15 is 0 Å². The molecule has 5 aromatic carbocycles. The molecule has 0 radical (unpaired) electrons. The standard InChI is InChI=1S/C49H49FN2O8Si/c1-49(2,3)61(38-18-9-5-10-19-38,39-20-11-6-12-21-39)60-31-35-28-40-46(48(57)51(47(40)56)36-16-13-17-37(29-36)52(58)59)41(30-53)45(35)44(55)25-23-34(33-14-7-4-8-15-33)26-32-22-24-43(54)42(50)27-32/h4-22,24,26-27,29,40-41,44,46,53-55H,23,25,28,30-31H2,1-3H3/b34-26-/t40-,41+,44-,46-/m1/s1. The smallest absolute Gasteiger partial charge is 0.271 e. The lowest BCUT2D eigenvalue weighted by molar-refractivity contribution is -0.384. The second-order valence-electron chi connectivity index (χ2n) is 16.7. The molecule has 1 fully saturated rings. The lowest BCUT2D eigenvalue weighted by atomic mass is 9.68. The Morgan fingerprint density at radius 2 is 1.52 bits per heavy atom. The van der Waals surface area contributed by atoms with E-state index in [-0.39, 0.29) is 30.8 Å². The fourth-order valence-corrected chi connectivity index (χ4v) is 13.8. The van der Waals surface area contributed by atoms with Crippen LogP contribution in [0.1, 0.15) is 51.2 Å². The molecule has 7 rings (SSSR count). The number of hydrogen-bond donors (Lipinski definition) is 3. The number of aliphatic hydroxyl groups excluding tert-OH is 2. The minimum atomic E-state index is -3.17. The predicted molar refractivity (Wildman–Crippen MR) is 236 cm³/mol. The normalized spacial score (nSPS) is 19.0. The van der Waals surface area contributed by atoms with Crippen LogP contribution in [0, 0.1) is 33.7 Å². The number of halogens is 1. The molecule has 1 heterocycles. The second kappa shape index (κ2) is 17.9. The number of aliphatic hydroxyl groups is 2. The number of benzene rings is 5. The minimum Gasteiger partial charge on any atom is -0.505 e. The summed E-state index contributed by atoms with van der Waals surface area (Å²) >= 11 is 0. The number of carbonyl (C=O) groups excluding carboxylic acids is 2. The van der Waals surface area contributed by atoms with Gasteiger partial charge in [0.05, 0.1) is 41.8 Å². The summed E-state index contributed by atoms with van der Waals surface area (Å²) in [6.07, 6.45) is 1.05. The fraction of sp³-hybridized carbons (Fsp3) is 0.265. The monoisotopic (exact) mass is 840 g/mol. The van der Waals surface area contributed by atoms with Gasteiger partial charge in [-0.25, -0.2) is 9.29 Å². The van der Waals surface area contributed by atoms with E-state index in [4.69, 9.17) is 4.43 Å². The Labute approximate surface area is 355 Å². The van der Waals surface area contributed by atoms with Crippen LogP contribution < -0.4 is 15.3 Å². The van der Waals surface area contributed by atoms with Crippen molar-refractivity contribution in [1.29, 1.82) is 0 Å². The molecule has 0 bridgehead atoms. The molecule has 0 spiro atoms. The number of anilines is 1. The number of allylic oxidation sites excluding steroid dienone is 1. The van der Waals surface area contributed by atoms with Gasteiger partial charge in [0, 0.05) is 18.1 Å². The van der Waals surface area contributed by atoms with Crippen LogP contribution >= 0.6 is 0 Å². The minimum absolute atomic E-state index is 0.00809. The predicted octanol–water partition coefficient (Wildman–Crippen LogP) is 7.81. The average molecular weight is 841 g/mol. The van der Waals surface area contributed by atoms with Gasteiger partial charge in [-0.15, -0.1) is 0 Å². The second-order valence-corrected chi connectivity index (χ2v) is 21.0. The van der Waals surface area contributed by atoms with E-state index in [1.54, 1.807) is 12.1 Å². The van der Waals surface area contributed by atoms with E-state index in [9.17, 15) is 39.4 Å². The molecule has 5 aromatic rings. The third-order valence-corrected chi connectivity index (χ3v) is 17.0. The van der Waals surface area contributed by atoms with E-state index < -0.39 is 72.1 Å². The van der Waals surface area contributed by atoms with Crippen molar-refractivity contribution in [3.8, 4) is 5.75 Å². The van der Waals surface area contributed by atoms with Crippen molar-refractivity contribution in [2.45, 2.75) is 51.2 Å². The number of nitro benzene ring substituents is 1. The summed E-state index contributed by atoms with van der Waals surface area (Å²) in [6, 6.07) is 39.0. The molecule has 3 N–H and O–H groups in total. The van der Waals surface area contributed by atoms with E-state index in [0.29, 0.717) is 23.1 Å². The highest BCUT2D eigenvalue weighted by Crippen LogP contribution is 2.48. The third-order valence-electron chi connectivity index (χ3n) is 12.1. The number of aromatic hydroxyl groups is 1. The van der Waals surface area contributed by atoms with Gasteiger partial charge in [-0.3, -0.25) is 19.7 Å². The molecular formula is C49H49FN2O8Si. The molecule has 12 heteroatoms. The number of nitrogens with zero attached hydrogens (tertiary/aromatic N) is 2. The first kappa shape index (κ1) is 43.0. The Hall–Kier alpha value is -6.05. The summed E-state index contributed by atoms with van der Waals surface area (Å²) in [5, 5.41) is 46.9. The number of nitro groups is 1. The maximum absolute atomic E-state index is 14.5. The SMILES string of the molecule is CC(C)(C)[Si](OCC1=C([C@H](O)CC/C(=C/c2ccc(O)c(F)c2)c2ccccc2)[C@H](CO)[C@@H]2C(=O)N(c3cccc([N+](=O)[O-])c3)C(=O)[C@@H]2C1)(c1ccccc1)c1ccccc1. The molecule has 0 unspecified atom stereocenters. The largest absolute Gasteiger partial charge is 0.505 e. The van der Waals surface area contributed by atoms with E-state index in [1.165, 1.54) is 36.4 Å². The highest BCUT2D eigenvalue weighted by Gasteiger charge is 2.56. The molecule has 1 aliphatic carbocycles. The first-order valence-electron chi connectivity index (χ1n) is 20.4. The summed E-state index contributed by atoms with van der Waals surface area (Å²) in [6.45, 7) is 5.86. The topological polar surface area (TPSA) is 150 Å². The third kappa shape index (κ3) is 8.49. The number of phenols is 1. The van der Waals surface area contributed by atoms with Crippen molar-refractivity contribution in [2.24, 2.45) is 17.8 Å². The van der Waals surface area contributed by atoms with Crippen molar-refractivity contribution in [3.63, 3.8) is 0 Å². The van der Waals surface area contributed by atoms with E-state index in [1.807, 2.05) is 66.7 Å². The first-order chi connectivity index (χ1) is 29.2. The molecule has 1 aliphatic heterocycles. The fourth-order valence-electron chi connectivity index (χ4n) is 9.26. The number of imide groups is 1. The van der Waals surface area contributed by atoms with Crippen LogP contribution in [0.5, 0.6) is 5.75 Å². The van der Waals surface area contributed by atoms with Gasteiger partial charge in [0.25, 0.3) is 14.0 Å². The summed E-state index contributed by atoms with van der Waals surface area (Å²) in [5.74, 6) is -5.35. The lowest BCUT2D eigenvalue weighted by Gasteiger charge is -2.44. The zero-order valence-corrected chi connectivity index (χ0v) is 35.3. The van der Waals surface area contributed by atoms with Gasteiger partial charge in [0.2, 0.25) is 11.8 Å². The van der Waals surface area contributed by atoms with Crippen LogP contribution in [-0.2, 0) is 14.0 Å². The maximum Gasteiger partial charge on any atom is 0.271 e. The zero-order valence-electron chi connectivity index (χ0n) is 34.3. The zero-order chi connectivity index (χ0) is 43.5. The average Bonchev–Trinajstić information content (AvgIpc) is 3.51. The molecule has 0 saturated carbocycles. The van der Waals surface area contributed by atoms with Crippen molar-refractivity contribution < 1.29 is 38.6 Å². The molecular weight excluding hydrogens is 792 g/mol. The number of hydrogen-bond acceptors (Lipinski definition) is 8. The van der Waals surface area contributed by atoms with Crippen molar-refractivity contribution >= 4 is 53.5 Å². The highest BCUT2D eigenvalue weighted by atomic mass is 28.4. The van der Waals surface area contributed by atoms with Gasteiger partial charge in [0.15, 0.2) is 11.6 Å². The Morgan fingerprint density at radius 1 is 0.902 bits per heavy atom. The molecule has 61 heavy (non-hydrogen) atoms.